The molecule has 0 N–H and O–H groups in total. The Morgan fingerprint density at radius 3 is 2.62 bits per heavy atom. The van der Waals surface area contributed by atoms with Crippen molar-refractivity contribution in [3.8, 4) is 0 Å². The van der Waals surface area contributed by atoms with Crippen LogP contribution < -0.4 is 0 Å². The number of rotatable bonds is 3. The van der Waals surface area contributed by atoms with E-state index >= 15 is 0 Å². The topological polar surface area (TPSA) is 12.4 Å². The fraction of sp³-hybridized carbons (Fsp3) is 0.750. The van der Waals surface area contributed by atoms with Crippen molar-refractivity contribution in [2.75, 3.05) is 0 Å². The lowest BCUT2D eigenvalue weighted by Crippen LogP contribution is -2.13. The Labute approximate surface area is 82.0 Å². The maximum atomic E-state index is 4.55. The van der Waals surface area contributed by atoms with Crippen molar-refractivity contribution in [3.05, 3.63) is 12.3 Å². The highest BCUT2D eigenvalue weighted by molar-refractivity contribution is 5.89. The van der Waals surface area contributed by atoms with Crippen LogP contribution in [0.15, 0.2) is 17.3 Å². The van der Waals surface area contributed by atoms with Crippen LogP contribution in [0.2, 0.25) is 0 Å². The van der Waals surface area contributed by atoms with Crippen LogP contribution in [0.5, 0.6) is 0 Å². The first kappa shape index (κ1) is 10.5. The van der Waals surface area contributed by atoms with Crippen molar-refractivity contribution in [3.63, 3.8) is 0 Å². The highest BCUT2D eigenvalue weighted by atomic mass is 14.8. The summed E-state index contributed by atoms with van der Waals surface area (Å²) in [5.74, 6) is 1.62. The predicted molar refractivity (Wildman–Crippen MR) is 59.0 cm³/mol. The second-order valence-corrected chi connectivity index (χ2v) is 4.06. The van der Waals surface area contributed by atoms with Crippen LogP contribution in [0.4, 0.5) is 0 Å². The first-order chi connectivity index (χ1) is 6.19. The molecule has 0 aliphatic heterocycles. The van der Waals surface area contributed by atoms with Gasteiger partial charge < -0.3 is 0 Å². The lowest BCUT2D eigenvalue weighted by Gasteiger charge is -2.16. The Balaban J connectivity index is 2.73. The molecule has 74 valence electrons. The van der Waals surface area contributed by atoms with Crippen molar-refractivity contribution >= 4 is 5.71 Å². The monoisotopic (exact) mass is 179 g/mol. The van der Waals surface area contributed by atoms with Crippen molar-refractivity contribution in [1.29, 1.82) is 0 Å². The summed E-state index contributed by atoms with van der Waals surface area (Å²) in [5.41, 5.74) is 2.37. The van der Waals surface area contributed by atoms with Crippen LogP contribution in [-0.2, 0) is 0 Å². The van der Waals surface area contributed by atoms with E-state index in [9.17, 15) is 0 Å². The standard InChI is InChI=1S/C12H21N/c1-5-10-7-8-12(11(10)6-2)13-9(3)4/h10-11H,3,5-8H2,1-2,4H3. The zero-order chi connectivity index (χ0) is 9.84. The van der Waals surface area contributed by atoms with Gasteiger partial charge in [-0.3, -0.25) is 4.99 Å². The summed E-state index contributed by atoms with van der Waals surface area (Å²) in [5, 5.41) is 0. The third kappa shape index (κ3) is 2.43. The molecule has 1 aliphatic carbocycles. The van der Waals surface area contributed by atoms with E-state index in [-0.39, 0.29) is 0 Å². The minimum Gasteiger partial charge on any atom is -0.263 e. The molecule has 0 aromatic heterocycles. The number of hydrogen-bond acceptors (Lipinski definition) is 1. The molecular weight excluding hydrogens is 158 g/mol. The summed E-state index contributed by atoms with van der Waals surface area (Å²) in [4.78, 5) is 4.55. The second kappa shape index (κ2) is 4.59. The zero-order valence-corrected chi connectivity index (χ0v) is 9.14. The fourth-order valence-corrected chi connectivity index (χ4v) is 2.43. The predicted octanol–water partition coefficient (Wildman–Crippen LogP) is 3.81. The average molecular weight is 179 g/mol. The Morgan fingerprint density at radius 1 is 1.46 bits per heavy atom. The van der Waals surface area contributed by atoms with Crippen LogP contribution in [-0.4, -0.2) is 5.71 Å². The third-order valence-electron chi connectivity index (χ3n) is 3.07. The molecule has 0 radical (unpaired) electrons. The van der Waals surface area contributed by atoms with E-state index < -0.39 is 0 Å². The highest BCUT2D eigenvalue weighted by Gasteiger charge is 2.29. The van der Waals surface area contributed by atoms with E-state index in [2.05, 4.69) is 25.4 Å². The van der Waals surface area contributed by atoms with Gasteiger partial charge in [-0.2, -0.15) is 0 Å². The fourth-order valence-electron chi connectivity index (χ4n) is 2.43. The van der Waals surface area contributed by atoms with Gasteiger partial charge in [0.05, 0.1) is 0 Å². The molecule has 1 aliphatic rings. The third-order valence-corrected chi connectivity index (χ3v) is 3.07. The maximum absolute atomic E-state index is 4.55. The van der Waals surface area contributed by atoms with Gasteiger partial charge in [0.15, 0.2) is 0 Å². The van der Waals surface area contributed by atoms with Gasteiger partial charge in [0.1, 0.15) is 0 Å². The smallest absolute Gasteiger partial charge is 0.0300 e. The van der Waals surface area contributed by atoms with Gasteiger partial charge in [-0.25, -0.2) is 0 Å². The average Bonchev–Trinajstić information content (AvgIpc) is 2.45. The highest BCUT2D eigenvalue weighted by Crippen LogP contribution is 2.34. The molecule has 0 bridgehead atoms. The van der Waals surface area contributed by atoms with Gasteiger partial charge in [0, 0.05) is 11.4 Å². The molecule has 0 amide bonds. The van der Waals surface area contributed by atoms with Gasteiger partial charge in [-0.05, 0) is 38.0 Å². The summed E-state index contributed by atoms with van der Waals surface area (Å²) in [6, 6.07) is 0. The van der Waals surface area contributed by atoms with Gasteiger partial charge >= 0.3 is 0 Å². The summed E-state index contributed by atoms with van der Waals surface area (Å²) in [6.07, 6.45) is 5.07. The molecule has 1 saturated carbocycles. The van der Waals surface area contributed by atoms with E-state index in [4.69, 9.17) is 0 Å². The van der Waals surface area contributed by atoms with E-state index in [1.54, 1.807) is 0 Å². The molecule has 0 saturated heterocycles. The number of aliphatic imine (C=N–C) groups is 1. The number of hydrogen-bond donors (Lipinski definition) is 0. The largest absolute Gasteiger partial charge is 0.263 e. The van der Waals surface area contributed by atoms with E-state index in [0.29, 0.717) is 0 Å². The number of allylic oxidation sites excluding steroid dienone is 1. The molecule has 0 heterocycles. The molecule has 13 heavy (non-hydrogen) atoms. The Kier molecular flexibility index (Phi) is 3.71. The second-order valence-electron chi connectivity index (χ2n) is 4.06. The molecule has 2 unspecified atom stereocenters. The van der Waals surface area contributed by atoms with Crippen LogP contribution in [0.1, 0.15) is 46.5 Å². The molecule has 2 atom stereocenters. The lowest BCUT2D eigenvalue weighted by molar-refractivity contribution is 0.416. The zero-order valence-electron chi connectivity index (χ0n) is 9.14. The summed E-state index contributed by atoms with van der Waals surface area (Å²) in [7, 11) is 0. The van der Waals surface area contributed by atoms with Crippen LogP contribution in [0.25, 0.3) is 0 Å². The first-order valence-corrected chi connectivity index (χ1v) is 5.42. The quantitative estimate of drug-likeness (QED) is 0.624. The SMILES string of the molecule is C=C(C)N=C1CCC(CC)C1CC. The minimum absolute atomic E-state index is 0.738. The summed E-state index contributed by atoms with van der Waals surface area (Å²) in [6.45, 7) is 10.4. The molecule has 1 heteroatoms. The van der Waals surface area contributed by atoms with Crippen molar-refractivity contribution in [1.82, 2.24) is 0 Å². The lowest BCUT2D eigenvalue weighted by atomic mass is 9.91. The molecule has 1 nitrogen and oxygen atoms in total. The van der Waals surface area contributed by atoms with Crippen molar-refractivity contribution in [2.45, 2.75) is 46.5 Å². The molecular formula is C12H21N. The molecule has 0 spiro atoms. The Bertz CT molecular complexity index is 215. The summed E-state index contributed by atoms with van der Waals surface area (Å²) < 4.78 is 0. The van der Waals surface area contributed by atoms with Gasteiger partial charge in [0.25, 0.3) is 0 Å². The molecule has 1 fully saturated rings. The normalized spacial score (nSPS) is 31.2. The van der Waals surface area contributed by atoms with Gasteiger partial charge in [-0.1, -0.05) is 26.8 Å². The Hall–Kier alpha value is -0.590. The molecule has 0 aromatic rings. The van der Waals surface area contributed by atoms with Crippen molar-refractivity contribution in [2.24, 2.45) is 16.8 Å². The van der Waals surface area contributed by atoms with Gasteiger partial charge in [0.2, 0.25) is 0 Å². The van der Waals surface area contributed by atoms with E-state index in [1.165, 1.54) is 31.4 Å². The molecule has 1 rings (SSSR count). The summed E-state index contributed by atoms with van der Waals surface area (Å²) >= 11 is 0. The van der Waals surface area contributed by atoms with Gasteiger partial charge in [-0.15, -0.1) is 0 Å². The van der Waals surface area contributed by atoms with Crippen LogP contribution in [0, 0.1) is 11.8 Å². The van der Waals surface area contributed by atoms with Crippen LogP contribution in [0.3, 0.4) is 0 Å². The maximum Gasteiger partial charge on any atom is 0.0300 e. The minimum atomic E-state index is 0.738. The first-order valence-electron chi connectivity index (χ1n) is 5.42. The Morgan fingerprint density at radius 2 is 2.15 bits per heavy atom. The molecule has 0 aromatic carbocycles. The van der Waals surface area contributed by atoms with Crippen LogP contribution >= 0.6 is 0 Å². The van der Waals surface area contributed by atoms with E-state index in [0.717, 1.165) is 17.5 Å². The number of nitrogens with zero attached hydrogens (tertiary/aromatic N) is 1. The van der Waals surface area contributed by atoms with Crippen molar-refractivity contribution < 1.29 is 0 Å². The van der Waals surface area contributed by atoms with E-state index in [1.807, 2.05) is 6.92 Å².